The van der Waals surface area contributed by atoms with Gasteiger partial charge in [-0.1, -0.05) is 0 Å². The Kier molecular flexibility index (Phi) is 2.67. The van der Waals surface area contributed by atoms with Crippen LogP contribution in [-0.2, 0) is 6.54 Å². The highest BCUT2D eigenvalue weighted by Crippen LogP contribution is 1.97. The van der Waals surface area contributed by atoms with Crippen LogP contribution < -0.4 is 11.3 Å². The van der Waals surface area contributed by atoms with Crippen molar-refractivity contribution in [2.24, 2.45) is 0 Å². The van der Waals surface area contributed by atoms with Gasteiger partial charge in [-0.2, -0.15) is 0 Å². The van der Waals surface area contributed by atoms with Crippen molar-refractivity contribution in [1.82, 2.24) is 9.55 Å². The van der Waals surface area contributed by atoms with E-state index < -0.39 is 6.10 Å². The van der Waals surface area contributed by atoms with Gasteiger partial charge in [0.05, 0.1) is 12.6 Å². The Morgan fingerprint density at radius 3 is 2.85 bits per heavy atom. The van der Waals surface area contributed by atoms with Crippen LogP contribution in [0.3, 0.4) is 0 Å². The monoisotopic (exact) mass is 183 g/mol. The van der Waals surface area contributed by atoms with E-state index in [1.165, 1.54) is 10.6 Å². The number of nitrogens with zero attached hydrogens (tertiary/aromatic N) is 2. The van der Waals surface area contributed by atoms with E-state index in [2.05, 4.69) is 4.98 Å². The standard InChI is InChI=1S/C8H13N3O2/c1-5-3-7(13)11(4-6(2)12)8(9)10-5/h3,6,12H,4H2,1-2H3,(H2,9,10). The van der Waals surface area contributed by atoms with Crippen LogP contribution in [0.5, 0.6) is 0 Å². The van der Waals surface area contributed by atoms with E-state index in [1.807, 2.05) is 0 Å². The van der Waals surface area contributed by atoms with E-state index in [9.17, 15) is 4.79 Å². The Bertz CT molecular complexity index is 357. The summed E-state index contributed by atoms with van der Waals surface area (Å²) in [5, 5.41) is 9.08. The average Bonchev–Trinajstić information content (AvgIpc) is 1.96. The molecule has 0 radical (unpaired) electrons. The average molecular weight is 183 g/mol. The molecule has 1 aromatic heterocycles. The van der Waals surface area contributed by atoms with Crippen LogP contribution in [-0.4, -0.2) is 20.8 Å². The summed E-state index contributed by atoms with van der Waals surface area (Å²) in [5.74, 6) is 0.144. The fourth-order valence-corrected chi connectivity index (χ4v) is 1.09. The third-order valence-electron chi connectivity index (χ3n) is 1.61. The molecule has 0 bridgehead atoms. The second-order valence-electron chi connectivity index (χ2n) is 3.05. The Morgan fingerprint density at radius 1 is 1.77 bits per heavy atom. The van der Waals surface area contributed by atoms with Crippen LogP contribution in [0.1, 0.15) is 12.6 Å². The first-order chi connectivity index (χ1) is 6.00. The summed E-state index contributed by atoms with van der Waals surface area (Å²) >= 11 is 0. The molecule has 0 fully saturated rings. The maximum absolute atomic E-state index is 11.3. The first-order valence-corrected chi connectivity index (χ1v) is 4.02. The molecule has 1 atom stereocenters. The van der Waals surface area contributed by atoms with Gasteiger partial charge in [-0.15, -0.1) is 0 Å². The molecule has 0 amide bonds. The van der Waals surface area contributed by atoms with Gasteiger partial charge in [0.1, 0.15) is 0 Å². The fourth-order valence-electron chi connectivity index (χ4n) is 1.09. The Hall–Kier alpha value is -1.36. The smallest absolute Gasteiger partial charge is 0.255 e. The number of hydrogen-bond acceptors (Lipinski definition) is 4. The fraction of sp³-hybridized carbons (Fsp3) is 0.500. The normalized spacial score (nSPS) is 12.8. The maximum atomic E-state index is 11.3. The molecule has 0 aromatic carbocycles. The van der Waals surface area contributed by atoms with Crippen molar-refractivity contribution in [2.75, 3.05) is 5.73 Å². The lowest BCUT2D eigenvalue weighted by Gasteiger charge is -2.10. The number of anilines is 1. The van der Waals surface area contributed by atoms with Gasteiger partial charge in [0, 0.05) is 11.8 Å². The molecular formula is C8H13N3O2. The zero-order valence-electron chi connectivity index (χ0n) is 7.69. The summed E-state index contributed by atoms with van der Waals surface area (Å²) in [6, 6.07) is 1.39. The quantitative estimate of drug-likeness (QED) is 0.648. The van der Waals surface area contributed by atoms with Crippen molar-refractivity contribution in [3.63, 3.8) is 0 Å². The zero-order chi connectivity index (χ0) is 10.0. The summed E-state index contributed by atoms with van der Waals surface area (Å²) in [5.41, 5.74) is 5.87. The predicted molar refractivity (Wildman–Crippen MR) is 49.3 cm³/mol. The van der Waals surface area contributed by atoms with Gasteiger partial charge in [0.15, 0.2) is 0 Å². The minimum absolute atomic E-state index is 0.144. The minimum atomic E-state index is -0.607. The highest BCUT2D eigenvalue weighted by atomic mass is 16.3. The molecule has 0 aliphatic heterocycles. The summed E-state index contributed by atoms with van der Waals surface area (Å²) in [7, 11) is 0. The first-order valence-electron chi connectivity index (χ1n) is 4.02. The molecule has 1 rings (SSSR count). The number of aromatic nitrogens is 2. The highest BCUT2D eigenvalue weighted by molar-refractivity contribution is 5.19. The molecule has 3 N–H and O–H groups in total. The molecule has 13 heavy (non-hydrogen) atoms. The van der Waals surface area contributed by atoms with E-state index in [1.54, 1.807) is 13.8 Å². The molecule has 0 aliphatic rings. The molecule has 5 nitrogen and oxygen atoms in total. The molecule has 1 unspecified atom stereocenters. The molecule has 0 aliphatic carbocycles. The molecule has 0 saturated carbocycles. The van der Waals surface area contributed by atoms with Crippen LogP contribution in [0.4, 0.5) is 5.95 Å². The summed E-state index contributed by atoms with van der Waals surface area (Å²) in [6.07, 6.45) is -0.607. The third-order valence-corrected chi connectivity index (χ3v) is 1.61. The van der Waals surface area contributed by atoms with Crippen molar-refractivity contribution in [1.29, 1.82) is 0 Å². The van der Waals surface area contributed by atoms with Crippen molar-refractivity contribution in [3.05, 3.63) is 22.1 Å². The topological polar surface area (TPSA) is 81.1 Å². The molecule has 72 valence electrons. The van der Waals surface area contributed by atoms with Gasteiger partial charge < -0.3 is 10.8 Å². The van der Waals surface area contributed by atoms with Gasteiger partial charge >= 0.3 is 0 Å². The van der Waals surface area contributed by atoms with E-state index in [-0.39, 0.29) is 18.1 Å². The summed E-state index contributed by atoms with van der Waals surface area (Å²) < 4.78 is 1.25. The molecule has 0 saturated heterocycles. The van der Waals surface area contributed by atoms with E-state index >= 15 is 0 Å². The second-order valence-corrected chi connectivity index (χ2v) is 3.05. The number of nitrogens with two attached hydrogens (primary N) is 1. The number of nitrogen functional groups attached to an aromatic ring is 1. The Morgan fingerprint density at radius 2 is 2.38 bits per heavy atom. The predicted octanol–water partition coefficient (Wildman–Crippen LogP) is -0.485. The molecule has 0 spiro atoms. The summed E-state index contributed by atoms with van der Waals surface area (Å²) in [4.78, 5) is 15.2. The van der Waals surface area contributed by atoms with Gasteiger partial charge in [0.2, 0.25) is 5.95 Å². The van der Waals surface area contributed by atoms with Gasteiger partial charge in [-0.3, -0.25) is 9.36 Å². The molecule has 1 heterocycles. The molecule has 5 heteroatoms. The largest absolute Gasteiger partial charge is 0.392 e. The van der Waals surface area contributed by atoms with Crippen molar-refractivity contribution in [2.45, 2.75) is 26.5 Å². The zero-order valence-corrected chi connectivity index (χ0v) is 7.69. The summed E-state index contributed by atoms with van der Waals surface area (Å²) in [6.45, 7) is 3.47. The van der Waals surface area contributed by atoms with Gasteiger partial charge in [0.25, 0.3) is 5.56 Å². The second kappa shape index (κ2) is 3.57. The minimum Gasteiger partial charge on any atom is -0.392 e. The first kappa shape index (κ1) is 9.73. The van der Waals surface area contributed by atoms with E-state index in [4.69, 9.17) is 10.8 Å². The third kappa shape index (κ3) is 2.29. The van der Waals surface area contributed by atoms with Crippen molar-refractivity contribution in [3.8, 4) is 0 Å². The number of rotatable bonds is 2. The maximum Gasteiger partial charge on any atom is 0.255 e. The Balaban J connectivity index is 3.14. The lowest BCUT2D eigenvalue weighted by Crippen LogP contribution is -2.28. The Labute approximate surface area is 75.8 Å². The lowest BCUT2D eigenvalue weighted by atomic mass is 10.4. The number of aliphatic hydroxyl groups excluding tert-OH is 1. The van der Waals surface area contributed by atoms with Crippen LogP contribution >= 0.6 is 0 Å². The highest BCUT2D eigenvalue weighted by Gasteiger charge is 2.05. The SMILES string of the molecule is Cc1cc(=O)n(CC(C)O)c(N)n1. The van der Waals surface area contributed by atoms with Crippen LogP contribution in [0, 0.1) is 6.92 Å². The van der Waals surface area contributed by atoms with Crippen LogP contribution in [0.2, 0.25) is 0 Å². The van der Waals surface area contributed by atoms with Crippen molar-refractivity contribution >= 4 is 5.95 Å². The van der Waals surface area contributed by atoms with Crippen LogP contribution in [0.25, 0.3) is 0 Å². The van der Waals surface area contributed by atoms with Gasteiger partial charge in [-0.25, -0.2) is 4.98 Å². The van der Waals surface area contributed by atoms with E-state index in [0.717, 1.165) is 0 Å². The van der Waals surface area contributed by atoms with Crippen LogP contribution in [0.15, 0.2) is 10.9 Å². The molecular weight excluding hydrogens is 170 g/mol. The van der Waals surface area contributed by atoms with E-state index in [0.29, 0.717) is 5.69 Å². The molecule has 1 aromatic rings. The van der Waals surface area contributed by atoms with Crippen molar-refractivity contribution < 1.29 is 5.11 Å². The number of aliphatic hydroxyl groups is 1. The number of aryl methyl sites for hydroxylation is 1. The number of hydrogen-bond donors (Lipinski definition) is 2. The lowest BCUT2D eigenvalue weighted by molar-refractivity contribution is 0.172. The van der Waals surface area contributed by atoms with Gasteiger partial charge in [-0.05, 0) is 13.8 Å².